The smallest absolute Gasteiger partial charge is 0.313 e. The van der Waals surface area contributed by atoms with Crippen molar-refractivity contribution < 1.29 is 35.5 Å². The maximum Gasteiger partial charge on any atom is 0.462 e. The van der Waals surface area contributed by atoms with E-state index in [0.29, 0.717) is 0 Å². The Morgan fingerprint density at radius 1 is 0.833 bits per heavy atom. The number of ether oxygens (including phenoxy) is 1. The Labute approximate surface area is 62.1 Å². The van der Waals surface area contributed by atoms with Gasteiger partial charge in [0.05, 0.1) is 7.11 Å². The highest BCUT2D eigenvalue weighted by Gasteiger charge is 2.74. The topological polar surface area (TPSA) is 9.23 Å². The van der Waals surface area contributed by atoms with Crippen LogP contribution in [0.4, 0.5) is 30.7 Å². The maximum atomic E-state index is 11.7. The fourth-order valence-electron chi connectivity index (χ4n) is 0.256. The summed E-state index contributed by atoms with van der Waals surface area (Å²) in [5.41, 5.74) is 0. The molecule has 0 saturated heterocycles. The number of hydrogen-bond donors (Lipinski definition) is 0. The normalized spacial score (nSPS) is 15.0. The lowest BCUT2D eigenvalue weighted by molar-refractivity contribution is -0.413. The second-order valence-corrected chi connectivity index (χ2v) is 1.73. The molecule has 0 unspecified atom stereocenters. The van der Waals surface area contributed by atoms with E-state index in [1.165, 1.54) is 0 Å². The van der Waals surface area contributed by atoms with Crippen LogP contribution in [0.5, 0.6) is 0 Å². The molecule has 0 aliphatic carbocycles. The molecule has 0 aliphatic heterocycles. The van der Waals surface area contributed by atoms with Gasteiger partial charge in [-0.15, -0.1) is 0 Å². The van der Waals surface area contributed by atoms with Crippen LogP contribution in [0.15, 0.2) is 0 Å². The summed E-state index contributed by atoms with van der Waals surface area (Å²) in [7, 11) is 1.81. The van der Waals surface area contributed by atoms with Crippen molar-refractivity contribution in [3.8, 4) is 0 Å². The van der Waals surface area contributed by atoms with Gasteiger partial charge in [0.15, 0.2) is 0 Å². The van der Waals surface area contributed by atoms with Gasteiger partial charge in [-0.05, 0) is 0 Å². The van der Waals surface area contributed by atoms with E-state index >= 15 is 0 Å². The van der Waals surface area contributed by atoms with Crippen LogP contribution >= 0.6 is 0 Å². The van der Waals surface area contributed by atoms with Gasteiger partial charge in [0.1, 0.15) is 0 Å². The van der Waals surface area contributed by atoms with Crippen LogP contribution in [-0.2, 0) is 4.74 Å². The molecule has 0 rings (SSSR count). The number of rotatable bonds is 2. The average Bonchev–Trinajstić information content (AvgIpc) is 1.85. The molecule has 0 atom stereocenters. The van der Waals surface area contributed by atoms with Crippen molar-refractivity contribution in [2.45, 2.75) is 18.2 Å². The van der Waals surface area contributed by atoms with Crippen molar-refractivity contribution in [2.24, 2.45) is 0 Å². The van der Waals surface area contributed by atoms with Crippen LogP contribution in [-0.4, -0.2) is 18.2 Å². The molecule has 1 radical (unpaired) electrons. The molecule has 0 fully saturated rings. The minimum absolute atomic E-state index is 1.81. The zero-order chi connectivity index (χ0) is 10.2. The number of hydrogen-bond acceptors (Lipinski definition) is 1. The van der Waals surface area contributed by atoms with E-state index in [4.69, 9.17) is 0 Å². The minimum Gasteiger partial charge on any atom is -0.313 e. The molecule has 0 spiro atoms. The van der Waals surface area contributed by atoms with Gasteiger partial charge in [-0.2, -0.15) is 30.7 Å². The van der Waals surface area contributed by atoms with Crippen molar-refractivity contribution >= 4 is 0 Å². The van der Waals surface area contributed by atoms with Gasteiger partial charge in [0, 0.05) is 0 Å². The number of alkyl halides is 7. The molecule has 1 nitrogen and oxygen atoms in total. The zero-order valence-corrected chi connectivity index (χ0v) is 5.26. The molecular weight excluding hydrogens is 197 g/mol. The molecule has 73 valence electrons. The predicted molar refractivity (Wildman–Crippen MR) is 22.4 cm³/mol. The van der Waals surface area contributed by atoms with Gasteiger partial charge in [0.2, 0.25) is 0 Å². The van der Waals surface area contributed by atoms with Gasteiger partial charge in [-0.25, -0.2) is 0 Å². The number of halogens is 7. The SMILES string of the molecule is [CH2]OC(F)(F)C(F)(F)C(F)(F)F. The van der Waals surface area contributed by atoms with Gasteiger partial charge in [-0.3, -0.25) is 0 Å². The molecule has 12 heavy (non-hydrogen) atoms. The molecule has 0 amide bonds. The Morgan fingerprint density at radius 3 is 1.25 bits per heavy atom. The third-order valence-electron chi connectivity index (χ3n) is 0.903. The first-order valence-corrected chi connectivity index (χ1v) is 2.32. The summed E-state index contributed by atoms with van der Waals surface area (Å²) in [6, 6.07) is 0. The Balaban J connectivity index is 4.85. The highest BCUT2D eigenvalue weighted by atomic mass is 19.4. The summed E-state index contributed by atoms with van der Waals surface area (Å²) in [5.74, 6) is -6.23. The first-order chi connectivity index (χ1) is 5.06. The highest BCUT2D eigenvalue weighted by molar-refractivity contribution is 4.84. The molecule has 8 heteroatoms. The molecule has 0 heterocycles. The van der Waals surface area contributed by atoms with Crippen LogP contribution in [0, 0.1) is 7.11 Å². The van der Waals surface area contributed by atoms with Crippen LogP contribution in [0.2, 0.25) is 0 Å². The van der Waals surface area contributed by atoms with Gasteiger partial charge >= 0.3 is 18.2 Å². The van der Waals surface area contributed by atoms with Crippen molar-refractivity contribution in [3.05, 3.63) is 7.11 Å². The second-order valence-electron chi connectivity index (χ2n) is 1.73. The Kier molecular flexibility index (Phi) is 2.63. The summed E-state index contributed by atoms with van der Waals surface area (Å²) < 4.78 is 82.7. The Hall–Kier alpha value is -0.530. The van der Waals surface area contributed by atoms with Crippen molar-refractivity contribution in [1.82, 2.24) is 0 Å². The molecule has 0 aromatic heterocycles. The molecule has 0 bridgehead atoms. The highest BCUT2D eigenvalue weighted by Crippen LogP contribution is 2.46. The summed E-state index contributed by atoms with van der Waals surface area (Å²) in [5, 5.41) is 0. The van der Waals surface area contributed by atoms with Gasteiger partial charge in [-0.1, -0.05) is 0 Å². The van der Waals surface area contributed by atoms with Crippen LogP contribution in [0.3, 0.4) is 0 Å². The lowest BCUT2D eigenvalue weighted by Gasteiger charge is -2.25. The molecular formula is C4H2F7O. The molecule has 0 N–H and O–H groups in total. The van der Waals surface area contributed by atoms with E-state index < -0.39 is 18.2 Å². The fourth-order valence-corrected chi connectivity index (χ4v) is 0.256. The standard InChI is InChI=1S/C4H2F7O/c1-12-4(10,11)2(5,6)3(7,8)9/h1H2. The third kappa shape index (κ3) is 1.62. The largest absolute Gasteiger partial charge is 0.462 e. The molecule has 0 aromatic carbocycles. The van der Waals surface area contributed by atoms with E-state index in [9.17, 15) is 30.7 Å². The van der Waals surface area contributed by atoms with Crippen molar-refractivity contribution in [3.63, 3.8) is 0 Å². The van der Waals surface area contributed by atoms with Crippen molar-refractivity contribution in [1.29, 1.82) is 0 Å². The Morgan fingerprint density at radius 2 is 1.17 bits per heavy atom. The van der Waals surface area contributed by atoms with Crippen molar-refractivity contribution in [2.75, 3.05) is 0 Å². The lowest BCUT2D eigenvalue weighted by atomic mass is 10.3. The van der Waals surface area contributed by atoms with E-state index in [0.717, 1.165) is 0 Å². The quantitative estimate of drug-likeness (QED) is 0.621. The third-order valence-corrected chi connectivity index (χ3v) is 0.903. The summed E-state index contributed by atoms with van der Waals surface area (Å²) in [6.07, 6.45) is -12.0. The molecule has 0 saturated carbocycles. The monoisotopic (exact) mass is 199 g/mol. The van der Waals surface area contributed by atoms with Crippen LogP contribution in [0.25, 0.3) is 0 Å². The average molecular weight is 199 g/mol. The van der Waals surface area contributed by atoms with Crippen LogP contribution < -0.4 is 0 Å². The predicted octanol–water partition coefficient (Wildman–Crippen LogP) is 2.58. The first-order valence-electron chi connectivity index (χ1n) is 2.32. The lowest BCUT2D eigenvalue weighted by Crippen LogP contribution is -2.52. The van der Waals surface area contributed by atoms with E-state index in [1.54, 1.807) is 0 Å². The zero-order valence-electron chi connectivity index (χ0n) is 5.26. The minimum atomic E-state index is -6.37. The summed E-state index contributed by atoms with van der Waals surface area (Å²) in [4.78, 5) is 0. The molecule has 0 aliphatic rings. The summed E-state index contributed by atoms with van der Waals surface area (Å²) >= 11 is 0. The Bertz CT molecular complexity index is 159. The van der Waals surface area contributed by atoms with Crippen LogP contribution in [0.1, 0.15) is 0 Å². The summed E-state index contributed by atoms with van der Waals surface area (Å²) in [6.45, 7) is 0. The first kappa shape index (κ1) is 11.5. The van der Waals surface area contributed by atoms with Gasteiger partial charge < -0.3 is 4.74 Å². The van der Waals surface area contributed by atoms with E-state index in [2.05, 4.69) is 4.74 Å². The van der Waals surface area contributed by atoms with Gasteiger partial charge in [0.25, 0.3) is 0 Å². The van der Waals surface area contributed by atoms with E-state index in [-0.39, 0.29) is 0 Å². The van der Waals surface area contributed by atoms with E-state index in [1.807, 2.05) is 7.11 Å². The fraction of sp³-hybridized carbons (Fsp3) is 0.750. The maximum absolute atomic E-state index is 11.7. The molecule has 0 aromatic rings. The second kappa shape index (κ2) is 2.75.